The summed E-state index contributed by atoms with van der Waals surface area (Å²) in [6.45, 7) is 4.23. The van der Waals surface area contributed by atoms with E-state index in [-0.39, 0.29) is 23.6 Å². The number of fused-ring (bicyclic) bond motifs is 1. The monoisotopic (exact) mass is 416 g/mol. The number of rotatable bonds is 4. The molecule has 0 radical (unpaired) electrons. The molecule has 0 unspecified atom stereocenters. The highest BCUT2D eigenvalue weighted by Crippen LogP contribution is 2.39. The highest BCUT2D eigenvalue weighted by molar-refractivity contribution is 8.13. The van der Waals surface area contributed by atoms with Crippen molar-refractivity contribution in [2.45, 2.75) is 31.7 Å². The Labute approximate surface area is 170 Å². The predicted octanol–water partition coefficient (Wildman–Crippen LogP) is 3.59. The second kappa shape index (κ2) is 7.44. The van der Waals surface area contributed by atoms with Crippen LogP contribution in [-0.2, 0) is 15.6 Å². The number of sulfone groups is 1. The first kappa shape index (κ1) is 19.3. The number of hydrogen-bond acceptors (Lipinski definition) is 6. The van der Waals surface area contributed by atoms with Gasteiger partial charge in [-0.1, -0.05) is 42.1 Å². The molecule has 2 heterocycles. The molecule has 2 atom stereocenters. The van der Waals surface area contributed by atoms with E-state index >= 15 is 0 Å². The van der Waals surface area contributed by atoms with Crippen molar-refractivity contribution in [3.63, 3.8) is 0 Å². The third-order valence-electron chi connectivity index (χ3n) is 5.39. The third kappa shape index (κ3) is 3.65. The number of methoxy groups -OCH3 is 1. The summed E-state index contributed by atoms with van der Waals surface area (Å²) in [6, 6.07) is 13.8. The fraction of sp³-hybridized carbons (Fsp3) is 0.381. The molecule has 2 aliphatic rings. The number of amidine groups is 1. The summed E-state index contributed by atoms with van der Waals surface area (Å²) in [7, 11) is -1.43. The van der Waals surface area contributed by atoms with Gasteiger partial charge in [0.25, 0.3) is 0 Å². The van der Waals surface area contributed by atoms with Gasteiger partial charge >= 0.3 is 0 Å². The van der Waals surface area contributed by atoms with Crippen LogP contribution in [0.2, 0.25) is 0 Å². The molecule has 4 rings (SSSR count). The molecule has 0 saturated carbocycles. The van der Waals surface area contributed by atoms with Gasteiger partial charge in [-0.15, -0.1) is 0 Å². The topological polar surface area (TPSA) is 59.0 Å². The Morgan fingerprint density at radius 2 is 1.93 bits per heavy atom. The Kier molecular flexibility index (Phi) is 5.14. The Hall–Kier alpha value is -1.99. The average Bonchev–Trinajstić information content (AvgIpc) is 3.13. The SMILES string of the molecule is COc1ccccc1N1C(SCc2ccc(C)c(C)c2)=N[C@H]2CS(=O)(=O)C[C@H]21. The highest BCUT2D eigenvalue weighted by Gasteiger charge is 2.47. The van der Waals surface area contributed by atoms with E-state index < -0.39 is 9.84 Å². The second-order valence-electron chi connectivity index (χ2n) is 7.37. The number of aryl methyl sites for hydroxylation is 2. The van der Waals surface area contributed by atoms with Gasteiger partial charge < -0.3 is 9.64 Å². The minimum Gasteiger partial charge on any atom is -0.495 e. The molecule has 0 amide bonds. The normalized spacial score (nSPS) is 22.8. The van der Waals surface area contributed by atoms with Gasteiger partial charge in [0.2, 0.25) is 0 Å². The van der Waals surface area contributed by atoms with Crippen LogP contribution >= 0.6 is 11.8 Å². The number of ether oxygens (including phenoxy) is 1. The van der Waals surface area contributed by atoms with E-state index in [0.717, 1.165) is 22.4 Å². The Morgan fingerprint density at radius 3 is 2.68 bits per heavy atom. The third-order valence-corrected chi connectivity index (χ3v) is 8.13. The fourth-order valence-electron chi connectivity index (χ4n) is 3.78. The quantitative estimate of drug-likeness (QED) is 0.762. The van der Waals surface area contributed by atoms with Crippen molar-refractivity contribution in [3.8, 4) is 5.75 Å². The number of benzene rings is 2. The molecule has 0 aromatic heterocycles. The molecule has 7 heteroatoms. The van der Waals surface area contributed by atoms with Gasteiger partial charge in [-0.3, -0.25) is 4.99 Å². The van der Waals surface area contributed by atoms with Crippen molar-refractivity contribution in [1.82, 2.24) is 0 Å². The van der Waals surface area contributed by atoms with Crippen LogP contribution in [0.25, 0.3) is 0 Å². The molecule has 28 heavy (non-hydrogen) atoms. The summed E-state index contributed by atoms with van der Waals surface area (Å²) in [6.07, 6.45) is 0. The van der Waals surface area contributed by atoms with E-state index in [2.05, 4.69) is 36.9 Å². The van der Waals surface area contributed by atoms with Crippen LogP contribution in [0.4, 0.5) is 5.69 Å². The van der Waals surface area contributed by atoms with E-state index in [9.17, 15) is 8.42 Å². The van der Waals surface area contributed by atoms with Gasteiger partial charge in [-0.2, -0.15) is 0 Å². The predicted molar refractivity (Wildman–Crippen MR) is 116 cm³/mol. The van der Waals surface area contributed by atoms with Crippen LogP contribution in [0.5, 0.6) is 5.75 Å². The first-order chi connectivity index (χ1) is 13.4. The number of aliphatic imine (C=N–C) groups is 1. The first-order valence-electron chi connectivity index (χ1n) is 9.27. The summed E-state index contributed by atoms with van der Waals surface area (Å²) in [5.74, 6) is 1.77. The zero-order valence-corrected chi connectivity index (χ0v) is 17.9. The van der Waals surface area contributed by atoms with Crippen molar-refractivity contribution in [2.75, 3.05) is 23.5 Å². The molecule has 148 valence electrons. The molecule has 1 saturated heterocycles. The molecule has 0 aliphatic carbocycles. The fourth-order valence-corrected chi connectivity index (χ4v) is 6.69. The van der Waals surface area contributed by atoms with Gasteiger partial charge in [0.05, 0.1) is 36.4 Å². The van der Waals surface area contributed by atoms with E-state index in [4.69, 9.17) is 9.73 Å². The zero-order valence-electron chi connectivity index (χ0n) is 16.3. The molecule has 1 fully saturated rings. The number of nitrogens with zero attached hydrogens (tertiary/aromatic N) is 2. The Balaban J connectivity index is 1.64. The molecule has 2 aliphatic heterocycles. The maximum Gasteiger partial charge on any atom is 0.164 e. The van der Waals surface area contributed by atoms with Crippen LogP contribution in [0.3, 0.4) is 0 Å². The van der Waals surface area contributed by atoms with Crippen LogP contribution in [0, 0.1) is 13.8 Å². The number of thioether (sulfide) groups is 1. The number of anilines is 1. The second-order valence-corrected chi connectivity index (χ2v) is 10.5. The minimum absolute atomic E-state index is 0.122. The summed E-state index contributed by atoms with van der Waals surface area (Å²) >= 11 is 1.66. The van der Waals surface area contributed by atoms with E-state index in [1.807, 2.05) is 24.3 Å². The van der Waals surface area contributed by atoms with E-state index in [1.54, 1.807) is 18.9 Å². The number of para-hydroxylation sites is 2. The van der Waals surface area contributed by atoms with Gasteiger partial charge in [0.15, 0.2) is 15.0 Å². The largest absolute Gasteiger partial charge is 0.495 e. The zero-order chi connectivity index (χ0) is 19.9. The maximum atomic E-state index is 12.2. The standard InChI is InChI=1S/C21H24N2O3S2/c1-14-8-9-16(10-15(14)2)11-27-21-22-17-12-28(24,25)13-19(17)23(21)18-6-4-5-7-20(18)26-3/h4-10,17,19H,11-13H2,1-3H3/t17-,19+/m0/s1. The van der Waals surface area contributed by atoms with Gasteiger partial charge in [-0.25, -0.2) is 8.42 Å². The summed E-state index contributed by atoms with van der Waals surface area (Å²) in [5.41, 5.74) is 4.67. The lowest BCUT2D eigenvalue weighted by atomic mass is 10.1. The number of hydrogen-bond donors (Lipinski definition) is 0. The maximum absolute atomic E-state index is 12.2. The van der Waals surface area contributed by atoms with Crippen molar-refractivity contribution >= 4 is 32.5 Å². The van der Waals surface area contributed by atoms with Crippen LogP contribution in [-0.4, -0.2) is 44.3 Å². The summed E-state index contributed by atoms with van der Waals surface area (Å²) < 4.78 is 29.9. The summed E-state index contributed by atoms with van der Waals surface area (Å²) in [5, 5.41) is 0.868. The molecular weight excluding hydrogens is 392 g/mol. The average molecular weight is 417 g/mol. The Morgan fingerprint density at radius 1 is 1.14 bits per heavy atom. The molecule has 0 bridgehead atoms. The van der Waals surface area contributed by atoms with Crippen LogP contribution < -0.4 is 9.64 Å². The van der Waals surface area contributed by atoms with Crippen molar-refractivity contribution in [2.24, 2.45) is 4.99 Å². The molecule has 5 nitrogen and oxygen atoms in total. The van der Waals surface area contributed by atoms with Crippen molar-refractivity contribution in [1.29, 1.82) is 0 Å². The molecule has 0 spiro atoms. The van der Waals surface area contributed by atoms with Gasteiger partial charge in [-0.05, 0) is 42.7 Å². The summed E-state index contributed by atoms with van der Waals surface area (Å²) in [4.78, 5) is 6.87. The lowest BCUT2D eigenvalue weighted by Crippen LogP contribution is -2.39. The lowest BCUT2D eigenvalue weighted by Gasteiger charge is -2.28. The van der Waals surface area contributed by atoms with E-state index in [1.165, 1.54) is 16.7 Å². The van der Waals surface area contributed by atoms with Gasteiger partial charge in [0.1, 0.15) is 5.75 Å². The lowest BCUT2D eigenvalue weighted by molar-refractivity contribution is 0.415. The molecule has 0 N–H and O–H groups in total. The smallest absolute Gasteiger partial charge is 0.164 e. The van der Waals surface area contributed by atoms with Gasteiger partial charge in [0, 0.05) is 5.75 Å². The molecule has 2 aromatic carbocycles. The first-order valence-corrected chi connectivity index (χ1v) is 12.1. The Bertz CT molecular complexity index is 1030. The van der Waals surface area contributed by atoms with Crippen LogP contribution in [0.1, 0.15) is 16.7 Å². The highest BCUT2D eigenvalue weighted by atomic mass is 32.2. The molecular formula is C21H24N2O3S2. The van der Waals surface area contributed by atoms with E-state index in [0.29, 0.717) is 0 Å². The van der Waals surface area contributed by atoms with Crippen molar-refractivity contribution < 1.29 is 13.2 Å². The molecule has 2 aromatic rings. The minimum atomic E-state index is -3.07. The van der Waals surface area contributed by atoms with Crippen molar-refractivity contribution in [3.05, 3.63) is 59.2 Å². The van der Waals surface area contributed by atoms with Crippen LogP contribution in [0.15, 0.2) is 47.5 Å².